The van der Waals surface area contributed by atoms with Crippen LogP contribution < -0.4 is 29.6 Å². The molecule has 1 aromatic heterocycles. The van der Waals surface area contributed by atoms with E-state index < -0.39 is 63.5 Å². The van der Waals surface area contributed by atoms with E-state index in [-0.39, 0.29) is 43.4 Å². The maximum atomic E-state index is 15.1. The molecule has 15 nitrogen and oxygen atoms in total. The molecule has 1 unspecified atom stereocenters. The lowest BCUT2D eigenvalue weighted by Gasteiger charge is -2.30. The van der Waals surface area contributed by atoms with Crippen molar-refractivity contribution in [3.05, 3.63) is 126 Å². The van der Waals surface area contributed by atoms with Crippen LogP contribution in [0.25, 0.3) is 22.2 Å². The van der Waals surface area contributed by atoms with Crippen LogP contribution >= 0.6 is 0 Å². The number of ether oxygens (including phenoxy) is 4. The molecule has 2 aliphatic heterocycles. The number of hydrogen-bond acceptors (Lipinski definition) is 11. The molecular weight excluding hydrogens is 863 g/mol. The third-order valence-electron chi connectivity index (χ3n) is 12.7. The van der Waals surface area contributed by atoms with Crippen LogP contribution in [0.2, 0.25) is 0 Å². The maximum Gasteiger partial charge on any atom is 0.408 e. The topological polar surface area (TPSA) is 192 Å². The molecule has 4 amide bonds. The van der Waals surface area contributed by atoms with E-state index in [2.05, 4.69) is 15.4 Å². The average Bonchev–Trinajstić information content (AvgIpc) is 3.56. The number of fused-ring (bicyclic) bond motifs is 5. The van der Waals surface area contributed by atoms with Gasteiger partial charge in [-0.05, 0) is 81.0 Å². The van der Waals surface area contributed by atoms with Crippen LogP contribution in [0.4, 0.5) is 4.79 Å². The van der Waals surface area contributed by atoms with Crippen molar-refractivity contribution in [2.24, 2.45) is 5.92 Å². The molecule has 5 atom stereocenters. The molecule has 2 bridgehead atoms. The molecule has 66 heavy (non-hydrogen) atoms. The summed E-state index contributed by atoms with van der Waals surface area (Å²) in [7, 11) is -2.78. The van der Waals surface area contributed by atoms with Crippen molar-refractivity contribution in [1.29, 1.82) is 0 Å². The molecule has 5 aromatic rings. The van der Waals surface area contributed by atoms with Gasteiger partial charge in [0.15, 0.2) is 0 Å². The molecule has 3 N–H and O–H groups in total. The van der Waals surface area contributed by atoms with Crippen molar-refractivity contribution < 1.29 is 46.5 Å². The van der Waals surface area contributed by atoms with Gasteiger partial charge in [-0.25, -0.2) is 22.9 Å². The molecule has 4 aliphatic rings. The number of rotatable bonds is 9. The number of carbonyl (C=O) groups excluding carboxylic acids is 4. The maximum absolute atomic E-state index is 15.1. The fraction of sp³-hybridized carbons (Fsp3) is 0.340. The Labute approximate surface area is 382 Å². The predicted octanol–water partition coefficient (Wildman–Crippen LogP) is 6.18. The van der Waals surface area contributed by atoms with Crippen LogP contribution in [0, 0.1) is 12.8 Å². The van der Waals surface area contributed by atoms with Crippen LogP contribution in [0.3, 0.4) is 0 Å². The average molecular weight is 914 g/mol. The van der Waals surface area contributed by atoms with Crippen molar-refractivity contribution in [3.63, 3.8) is 0 Å². The van der Waals surface area contributed by atoms with Gasteiger partial charge in [-0.2, -0.15) is 0 Å². The van der Waals surface area contributed by atoms with Crippen molar-refractivity contribution >= 4 is 44.7 Å². The van der Waals surface area contributed by atoms with Crippen molar-refractivity contribution in [3.8, 4) is 28.5 Å². The zero-order valence-electron chi connectivity index (χ0n) is 36.6. The Hall–Kier alpha value is -6.94. The second-order valence-electron chi connectivity index (χ2n) is 17.4. The summed E-state index contributed by atoms with van der Waals surface area (Å²) in [5.74, 6) is -1.27. The molecule has 3 fully saturated rings. The Morgan fingerprint density at radius 2 is 1.71 bits per heavy atom. The number of nitrogens with one attached hydrogen (secondary N) is 3. The first-order chi connectivity index (χ1) is 31.9. The highest BCUT2D eigenvalue weighted by atomic mass is 32.2. The summed E-state index contributed by atoms with van der Waals surface area (Å²) in [4.78, 5) is 64.0. The minimum Gasteiger partial charge on any atom is -0.497 e. The van der Waals surface area contributed by atoms with E-state index in [1.807, 2.05) is 55.5 Å². The van der Waals surface area contributed by atoms with Gasteiger partial charge in [0.05, 0.1) is 29.8 Å². The molecule has 2 saturated carbocycles. The molecule has 0 spiro atoms. The highest BCUT2D eigenvalue weighted by molar-refractivity contribution is 7.90. The number of hydrogen-bond donors (Lipinski definition) is 3. The van der Waals surface area contributed by atoms with Crippen molar-refractivity contribution in [2.75, 3.05) is 20.3 Å². The molecule has 3 heterocycles. The summed E-state index contributed by atoms with van der Waals surface area (Å²) in [5.41, 5.74) is 1.90. The number of sulfonamides is 1. The van der Waals surface area contributed by atoms with E-state index in [1.165, 1.54) is 17.0 Å². The Bertz CT molecular complexity index is 2800. The Balaban J connectivity index is 1.08. The summed E-state index contributed by atoms with van der Waals surface area (Å²) < 4.78 is 53.4. The Kier molecular flexibility index (Phi) is 12.4. The zero-order chi connectivity index (χ0) is 46.0. The minimum atomic E-state index is -4.35. The number of benzene rings is 4. The van der Waals surface area contributed by atoms with Gasteiger partial charge < -0.3 is 34.5 Å². The Morgan fingerprint density at radius 1 is 0.924 bits per heavy atom. The number of amides is 4. The van der Waals surface area contributed by atoms with Gasteiger partial charge in [0.25, 0.3) is 15.9 Å². The van der Waals surface area contributed by atoms with Gasteiger partial charge in [0.2, 0.25) is 11.8 Å². The van der Waals surface area contributed by atoms with Gasteiger partial charge in [-0.1, -0.05) is 72.3 Å². The summed E-state index contributed by atoms with van der Waals surface area (Å²) >= 11 is 0. The number of methoxy groups -OCH3 is 1. The molecule has 0 radical (unpaired) electrons. The van der Waals surface area contributed by atoms with Crippen LogP contribution in [0.1, 0.15) is 49.7 Å². The third kappa shape index (κ3) is 9.55. The number of nitrogens with zero attached hydrogens (tertiary/aromatic N) is 2. The minimum absolute atomic E-state index is 0.0132. The van der Waals surface area contributed by atoms with Crippen LogP contribution in [0.5, 0.6) is 17.2 Å². The number of pyridine rings is 1. The van der Waals surface area contributed by atoms with Gasteiger partial charge >= 0.3 is 6.09 Å². The van der Waals surface area contributed by atoms with Crippen LogP contribution in [0.15, 0.2) is 120 Å². The lowest BCUT2D eigenvalue weighted by Crippen LogP contribution is -2.58. The van der Waals surface area contributed by atoms with Gasteiger partial charge in [-0.15, -0.1) is 0 Å². The van der Waals surface area contributed by atoms with E-state index in [0.29, 0.717) is 39.4 Å². The van der Waals surface area contributed by atoms with Crippen molar-refractivity contribution in [1.82, 2.24) is 25.2 Å². The molecule has 2 aliphatic carbocycles. The first-order valence-electron chi connectivity index (χ1n) is 22.2. The summed E-state index contributed by atoms with van der Waals surface area (Å²) in [6.07, 6.45) is 5.04. The third-order valence-corrected chi connectivity index (χ3v) is 14.1. The monoisotopic (exact) mass is 913 g/mol. The quantitative estimate of drug-likeness (QED) is 0.143. The van der Waals surface area contributed by atoms with Crippen molar-refractivity contribution in [2.45, 2.75) is 86.6 Å². The molecule has 1 saturated heterocycles. The lowest BCUT2D eigenvalue weighted by atomic mass is 10.0. The van der Waals surface area contributed by atoms with Crippen LogP contribution in [-0.2, 0) is 35.6 Å². The highest BCUT2D eigenvalue weighted by Gasteiger charge is 2.62. The number of alkyl carbamates (subject to hydrolysis) is 1. The number of aryl methyl sites for hydroxylation is 1. The summed E-state index contributed by atoms with van der Waals surface area (Å²) in [5, 5.41) is 6.39. The van der Waals surface area contributed by atoms with Crippen LogP contribution in [-0.4, -0.2) is 92.2 Å². The lowest BCUT2D eigenvalue weighted by molar-refractivity contribution is -0.141. The fourth-order valence-electron chi connectivity index (χ4n) is 9.08. The second-order valence-corrected chi connectivity index (χ2v) is 19.0. The molecule has 4 aromatic carbocycles. The standard InChI is InChI=1S/C50H51N5O10S/c1-31-17-20-39(21-18-31)66(60,61)54-48(58)50-29-34(50)13-9-23-63-37-16-8-10-32(24-37)25-43(52-49(59)65-35-14-6-7-15-35)47(57)55-30-38(27-44(55)46(56)53-50)64-45-28-41(33-11-4-3-5-12-33)51-42-26-36(62-2)19-22-40(42)45/h3-5,8-13,16-22,24,26,28,34-35,38,43-44H,6-7,14-15,23,25,27,29-30H2,1-2H3,(H,52,59)(H,53,56)(H,54,58)/b13-9-/t34?,38-,43-,44+,50+/m1/s1. The predicted molar refractivity (Wildman–Crippen MR) is 244 cm³/mol. The Morgan fingerprint density at radius 3 is 2.48 bits per heavy atom. The fourth-order valence-corrected chi connectivity index (χ4v) is 10.1. The number of aromatic nitrogens is 1. The smallest absolute Gasteiger partial charge is 0.408 e. The van der Waals surface area contributed by atoms with E-state index in [9.17, 15) is 22.8 Å². The largest absolute Gasteiger partial charge is 0.497 e. The van der Waals surface area contributed by atoms with E-state index >= 15 is 4.79 Å². The molecule has 16 heteroatoms. The van der Waals surface area contributed by atoms with Gasteiger partial charge in [0, 0.05) is 41.8 Å². The van der Waals surface area contributed by atoms with E-state index in [1.54, 1.807) is 61.7 Å². The van der Waals surface area contributed by atoms with E-state index in [4.69, 9.17) is 23.9 Å². The summed E-state index contributed by atoms with van der Waals surface area (Å²) in [6.45, 7) is 1.83. The van der Waals surface area contributed by atoms with E-state index in [0.717, 1.165) is 36.8 Å². The molecule has 342 valence electrons. The zero-order valence-corrected chi connectivity index (χ0v) is 37.4. The summed E-state index contributed by atoms with van der Waals surface area (Å²) in [6, 6.07) is 27.6. The SMILES string of the molecule is COc1ccc2c(O[C@@H]3C[C@H]4C(=O)N[C@@]5(C(=O)NS(=O)(=O)c6ccc(C)cc6)CC5/C=C\COc5cccc(c5)C[C@@H](NC(=O)OC5CCCC5)C(=O)N4C3)cc(-c3ccccc3)nc2c1. The normalized spacial score (nSPS) is 23.7. The molecule has 9 rings (SSSR count). The number of carbonyl (C=O) groups is 4. The first-order valence-corrected chi connectivity index (χ1v) is 23.7. The van der Waals surface area contributed by atoms with Gasteiger partial charge in [-0.3, -0.25) is 14.4 Å². The highest BCUT2D eigenvalue weighted by Crippen LogP contribution is 2.46. The molecular formula is C50H51N5O10S. The van der Waals surface area contributed by atoms with Gasteiger partial charge in [0.1, 0.15) is 53.7 Å². The first kappa shape index (κ1) is 44.3. The second kappa shape index (κ2) is 18.5.